The number of piperazine rings is 1. The van der Waals surface area contributed by atoms with Crippen LogP contribution in [0.15, 0.2) is 24.3 Å². The first kappa shape index (κ1) is 11.0. The summed E-state index contributed by atoms with van der Waals surface area (Å²) in [4.78, 5) is 15.9. The van der Waals surface area contributed by atoms with Gasteiger partial charge in [-0.05, 0) is 24.7 Å². The molecule has 0 aliphatic carbocycles. The van der Waals surface area contributed by atoms with Gasteiger partial charge >= 0.3 is 0 Å². The topological polar surface area (TPSA) is 49.6 Å². The summed E-state index contributed by atoms with van der Waals surface area (Å²) in [5, 5.41) is 0. The van der Waals surface area contributed by atoms with Crippen molar-refractivity contribution >= 4 is 11.6 Å². The van der Waals surface area contributed by atoms with Crippen molar-refractivity contribution in [3.05, 3.63) is 29.8 Å². The van der Waals surface area contributed by atoms with Crippen molar-refractivity contribution in [3.8, 4) is 0 Å². The van der Waals surface area contributed by atoms with Crippen LogP contribution in [0.2, 0.25) is 0 Å². The molecule has 0 radical (unpaired) electrons. The molecule has 1 fully saturated rings. The predicted molar refractivity (Wildman–Crippen MR) is 63.9 cm³/mol. The molecule has 0 unspecified atom stereocenters. The molecule has 1 aromatic rings. The van der Waals surface area contributed by atoms with Crippen LogP contribution in [-0.4, -0.2) is 42.9 Å². The summed E-state index contributed by atoms with van der Waals surface area (Å²) in [6.07, 6.45) is 0. The van der Waals surface area contributed by atoms with E-state index in [9.17, 15) is 4.79 Å². The number of likely N-dealkylation sites (N-methyl/N-ethyl adjacent to an activating group) is 2. The first-order chi connectivity index (χ1) is 7.59. The summed E-state index contributed by atoms with van der Waals surface area (Å²) in [6.45, 7) is 1.69. The quantitative estimate of drug-likeness (QED) is 0.708. The number of carbonyl (C=O) groups excluding carboxylic acids is 1. The number of benzene rings is 1. The van der Waals surface area contributed by atoms with Gasteiger partial charge in [0.05, 0.1) is 0 Å². The molecule has 1 aromatic carbocycles. The maximum Gasteiger partial charge on any atom is 0.244 e. The van der Waals surface area contributed by atoms with Crippen LogP contribution in [0.5, 0.6) is 0 Å². The SMILES string of the molecule is CN1CCN(C)[C@@H](c2ccc(N)cc2)C1=O. The van der Waals surface area contributed by atoms with Gasteiger partial charge in [-0.2, -0.15) is 0 Å². The Bertz CT molecular complexity index is 388. The van der Waals surface area contributed by atoms with Crippen molar-refractivity contribution < 1.29 is 4.79 Å². The van der Waals surface area contributed by atoms with Gasteiger partial charge in [0.15, 0.2) is 0 Å². The van der Waals surface area contributed by atoms with Crippen LogP contribution in [0.3, 0.4) is 0 Å². The first-order valence-corrected chi connectivity index (χ1v) is 5.40. The number of carbonyl (C=O) groups is 1. The third-order valence-electron chi connectivity index (χ3n) is 3.09. The summed E-state index contributed by atoms with van der Waals surface area (Å²) in [5.74, 6) is 0.151. The average molecular weight is 219 g/mol. The van der Waals surface area contributed by atoms with Gasteiger partial charge in [0.25, 0.3) is 0 Å². The minimum atomic E-state index is -0.167. The van der Waals surface area contributed by atoms with E-state index in [2.05, 4.69) is 4.90 Å². The van der Waals surface area contributed by atoms with Crippen LogP contribution in [0, 0.1) is 0 Å². The van der Waals surface area contributed by atoms with E-state index in [1.54, 1.807) is 4.90 Å². The van der Waals surface area contributed by atoms with Gasteiger partial charge < -0.3 is 10.6 Å². The highest BCUT2D eigenvalue weighted by Gasteiger charge is 2.31. The molecule has 0 bridgehead atoms. The lowest BCUT2D eigenvalue weighted by Crippen LogP contribution is -2.48. The van der Waals surface area contributed by atoms with E-state index in [1.165, 1.54) is 0 Å². The molecule has 16 heavy (non-hydrogen) atoms. The molecule has 4 heteroatoms. The van der Waals surface area contributed by atoms with Crippen molar-refractivity contribution in [2.24, 2.45) is 0 Å². The maximum atomic E-state index is 12.1. The normalized spacial score (nSPS) is 22.5. The minimum absolute atomic E-state index is 0.151. The molecular formula is C12H17N3O. The van der Waals surface area contributed by atoms with Gasteiger partial charge in [-0.1, -0.05) is 12.1 Å². The lowest BCUT2D eigenvalue weighted by molar-refractivity contribution is -0.139. The van der Waals surface area contributed by atoms with E-state index < -0.39 is 0 Å². The summed E-state index contributed by atoms with van der Waals surface area (Å²) in [6, 6.07) is 7.36. The zero-order chi connectivity index (χ0) is 11.7. The summed E-state index contributed by atoms with van der Waals surface area (Å²) >= 11 is 0. The smallest absolute Gasteiger partial charge is 0.244 e. The highest BCUT2D eigenvalue weighted by Crippen LogP contribution is 2.25. The number of nitrogen functional groups attached to an aromatic ring is 1. The van der Waals surface area contributed by atoms with Crippen molar-refractivity contribution in [2.45, 2.75) is 6.04 Å². The van der Waals surface area contributed by atoms with Gasteiger partial charge in [-0.3, -0.25) is 9.69 Å². The Morgan fingerprint density at radius 2 is 1.81 bits per heavy atom. The number of hydrogen-bond donors (Lipinski definition) is 1. The van der Waals surface area contributed by atoms with Gasteiger partial charge in [0.2, 0.25) is 5.91 Å². The fraction of sp³-hybridized carbons (Fsp3) is 0.417. The Hall–Kier alpha value is -1.55. The van der Waals surface area contributed by atoms with Gasteiger partial charge in [-0.25, -0.2) is 0 Å². The predicted octanol–water partition coefficient (Wildman–Crippen LogP) is 0.714. The lowest BCUT2D eigenvalue weighted by Gasteiger charge is -2.37. The number of hydrogen-bond acceptors (Lipinski definition) is 3. The fourth-order valence-electron chi connectivity index (χ4n) is 2.02. The third-order valence-corrected chi connectivity index (χ3v) is 3.09. The molecule has 4 nitrogen and oxygen atoms in total. The molecule has 0 spiro atoms. The number of nitrogens with zero attached hydrogens (tertiary/aromatic N) is 2. The Balaban J connectivity index is 2.30. The molecule has 1 aliphatic heterocycles. The Kier molecular flexibility index (Phi) is 2.83. The zero-order valence-corrected chi connectivity index (χ0v) is 9.68. The minimum Gasteiger partial charge on any atom is -0.399 e. The second-order valence-corrected chi connectivity index (χ2v) is 4.31. The van der Waals surface area contributed by atoms with E-state index in [0.29, 0.717) is 0 Å². The molecule has 1 atom stereocenters. The van der Waals surface area contributed by atoms with Crippen molar-refractivity contribution in [1.29, 1.82) is 0 Å². The van der Waals surface area contributed by atoms with Crippen LogP contribution in [0.4, 0.5) is 5.69 Å². The van der Waals surface area contributed by atoms with E-state index in [0.717, 1.165) is 24.3 Å². The number of anilines is 1. The monoisotopic (exact) mass is 219 g/mol. The van der Waals surface area contributed by atoms with Crippen LogP contribution in [0.25, 0.3) is 0 Å². The number of rotatable bonds is 1. The van der Waals surface area contributed by atoms with E-state index >= 15 is 0 Å². The fourth-order valence-corrected chi connectivity index (χ4v) is 2.02. The third kappa shape index (κ3) is 1.88. The average Bonchev–Trinajstić information content (AvgIpc) is 2.27. The van der Waals surface area contributed by atoms with Crippen molar-refractivity contribution in [1.82, 2.24) is 9.80 Å². The van der Waals surface area contributed by atoms with Crippen LogP contribution in [-0.2, 0) is 4.79 Å². The van der Waals surface area contributed by atoms with Crippen molar-refractivity contribution in [2.75, 3.05) is 32.9 Å². The Morgan fingerprint density at radius 1 is 1.19 bits per heavy atom. The molecule has 86 valence electrons. The number of nitrogens with two attached hydrogens (primary N) is 1. The van der Waals surface area contributed by atoms with Crippen LogP contribution in [0.1, 0.15) is 11.6 Å². The molecule has 1 amide bonds. The number of amides is 1. The summed E-state index contributed by atoms with van der Waals surface area (Å²) in [7, 11) is 3.82. The summed E-state index contributed by atoms with van der Waals surface area (Å²) in [5.41, 5.74) is 7.38. The molecule has 1 aliphatic rings. The largest absolute Gasteiger partial charge is 0.399 e. The summed E-state index contributed by atoms with van der Waals surface area (Å²) < 4.78 is 0. The van der Waals surface area contributed by atoms with E-state index in [1.807, 2.05) is 38.4 Å². The highest BCUT2D eigenvalue weighted by molar-refractivity contribution is 5.83. The molecule has 1 heterocycles. The van der Waals surface area contributed by atoms with E-state index in [4.69, 9.17) is 5.73 Å². The van der Waals surface area contributed by atoms with Crippen molar-refractivity contribution in [3.63, 3.8) is 0 Å². The van der Waals surface area contributed by atoms with Gasteiger partial charge in [0, 0.05) is 25.8 Å². The molecule has 2 N–H and O–H groups in total. The molecule has 0 saturated carbocycles. The molecule has 1 saturated heterocycles. The Labute approximate surface area is 95.6 Å². The first-order valence-electron chi connectivity index (χ1n) is 5.40. The highest BCUT2D eigenvalue weighted by atomic mass is 16.2. The zero-order valence-electron chi connectivity index (χ0n) is 9.68. The molecule has 2 rings (SSSR count). The standard InChI is InChI=1S/C12H17N3O/c1-14-7-8-15(2)12(16)11(14)9-3-5-10(13)6-4-9/h3-6,11H,7-8,13H2,1-2H3/t11-/m0/s1. The second-order valence-electron chi connectivity index (χ2n) is 4.31. The second kappa shape index (κ2) is 4.14. The van der Waals surface area contributed by atoms with E-state index in [-0.39, 0.29) is 11.9 Å². The van der Waals surface area contributed by atoms with Crippen LogP contribution < -0.4 is 5.73 Å². The van der Waals surface area contributed by atoms with Gasteiger partial charge in [-0.15, -0.1) is 0 Å². The maximum absolute atomic E-state index is 12.1. The Morgan fingerprint density at radius 3 is 2.44 bits per heavy atom. The lowest BCUT2D eigenvalue weighted by atomic mass is 10.0. The van der Waals surface area contributed by atoms with Crippen LogP contribution >= 0.6 is 0 Å². The molecular weight excluding hydrogens is 202 g/mol. The molecule has 0 aromatic heterocycles. The van der Waals surface area contributed by atoms with Gasteiger partial charge in [0.1, 0.15) is 6.04 Å².